The van der Waals surface area contributed by atoms with E-state index in [1.165, 1.54) is 11.1 Å². The van der Waals surface area contributed by atoms with Gasteiger partial charge in [0, 0.05) is 5.92 Å². The Morgan fingerprint density at radius 1 is 1.19 bits per heavy atom. The maximum Gasteiger partial charge on any atom is 0.159 e. The van der Waals surface area contributed by atoms with Crippen molar-refractivity contribution < 1.29 is 9.53 Å². The molecule has 2 aliphatic carbocycles. The Hall–Kier alpha value is -1.57. The number of rotatable bonds is 1. The smallest absolute Gasteiger partial charge is 0.159 e. The van der Waals surface area contributed by atoms with E-state index in [2.05, 4.69) is 6.07 Å². The van der Waals surface area contributed by atoms with Gasteiger partial charge in [0.2, 0.25) is 0 Å². The molecule has 0 aromatic heterocycles. The highest BCUT2D eigenvalue weighted by atomic mass is 16.5. The monoisotopic (exact) mass is 214 g/mol. The van der Waals surface area contributed by atoms with Crippen molar-refractivity contribution in [2.45, 2.75) is 18.8 Å². The molecule has 0 radical (unpaired) electrons. The molecule has 0 saturated heterocycles. The Morgan fingerprint density at radius 3 is 2.69 bits per heavy atom. The molecule has 0 aliphatic heterocycles. The molecule has 0 spiro atoms. The summed E-state index contributed by atoms with van der Waals surface area (Å²) in [5.41, 5.74) is 2.44. The first-order valence-electron chi connectivity index (χ1n) is 5.69. The Bertz CT molecular complexity index is 474. The standard InChI is InChI=1S/C14H14O2/c1-16-10-4-2-9-3-7-14(15)12-6-5-11(12)13(9)8-10/h2-4,7-8,11-12H,5-6H2,1H3/t11?,12-/m0/s1. The van der Waals surface area contributed by atoms with Gasteiger partial charge in [-0.3, -0.25) is 4.79 Å². The fourth-order valence-electron chi connectivity index (χ4n) is 2.66. The van der Waals surface area contributed by atoms with Crippen LogP contribution in [0.3, 0.4) is 0 Å². The summed E-state index contributed by atoms with van der Waals surface area (Å²) in [5.74, 6) is 1.79. The predicted octanol–water partition coefficient (Wildman–Crippen LogP) is 2.78. The van der Waals surface area contributed by atoms with Crippen LogP contribution < -0.4 is 4.74 Å². The fraction of sp³-hybridized carbons (Fsp3) is 0.357. The van der Waals surface area contributed by atoms with Crippen molar-refractivity contribution in [2.24, 2.45) is 5.92 Å². The van der Waals surface area contributed by atoms with E-state index in [0.717, 1.165) is 18.6 Å². The third-order valence-electron chi connectivity index (χ3n) is 3.76. The summed E-state index contributed by atoms with van der Waals surface area (Å²) in [4.78, 5) is 11.8. The molecule has 1 unspecified atom stereocenters. The number of hydrogen-bond donors (Lipinski definition) is 0. The van der Waals surface area contributed by atoms with E-state index in [1.807, 2.05) is 18.2 Å². The van der Waals surface area contributed by atoms with Gasteiger partial charge in [-0.1, -0.05) is 12.1 Å². The van der Waals surface area contributed by atoms with E-state index >= 15 is 0 Å². The molecule has 1 aromatic rings. The maximum absolute atomic E-state index is 11.8. The molecule has 2 nitrogen and oxygen atoms in total. The molecule has 2 aliphatic rings. The summed E-state index contributed by atoms with van der Waals surface area (Å²) in [6.07, 6.45) is 5.83. The zero-order chi connectivity index (χ0) is 11.1. The lowest BCUT2D eigenvalue weighted by molar-refractivity contribution is -0.121. The van der Waals surface area contributed by atoms with Gasteiger partial charge in [-0.2, -0.15) is 0 Å². The van der Waals surface area contributed by atoms with Crippen molar-refractivity contribution in [1.82, 2.24) is 0 Å². The zero-order valence-electron chi connectivity index (χ0n) is 9.27. The quantitative estimate of drug-likeness (QED) is 0.718. The fourth-order valence-corrected chi connectivity index (χ4v) is 2.66. The second kappa shape index (κ2) is 3.48. The second-order valence-electron chi connectivity index (χ2n) is 4.52. The molecular weight excluding hydrogens is 200 g/mol. The lowest BCUT2D eigenvalue weighted by Gasteiger charge is -2.35. The van der Waals surface area contributed by atoms with Gasteiger partial charge in [-0.05, 0) is 48.1 Å². The molecule has 2 atom stereocenters. The summed E-state index contributed by atoms with van der Waals surface area (Å²) in [6.45, 7) is 0. The van der Waals surface area contributed by atoms with Crippen LogP contribution in [0.5, 0.6) is 5.75 Å². The minimum atomic E-state index is 0.213. The van der Waals surface area contributed by atoms with Gasteiger partial charge >= 0.3 is 0 Å². The van der Waals surface area contributed by atoms with E-state index < -0.39 is 0 Å². The van der Waals surface area contributed by atoms with Crippen LogP contribution in [0.2, 0.25) is 0 Å². The molecule has 2 heteroatoms. The Kier molecular flexibility index (Phi) is 2.10. The van der Waals surface area contributed by atoms with Gasteiger partial charge in [0.05, 0.1) is 7.11 Å². The highest BCUT2D eigenvalue weighted by molar-refractivity contribution is 5.98. The summed E-state index contributed by atoms with van der Waals surface area (Å²) >= 11 is 0. The van der Waals surface area contributed by atoms with Crippen molar-refractivity contribution in [3.63, 3.8) is 0 Å². The molecule has 1 saturated carbocycles. The van der Waals surface area contributed by atoms with E-state index in [0.29, 0.717) is 5.92 Å². The Morgan fingerprint density at radius 2 is 2.00 bits per heavy atom. The van der Waals surface area contributed by atoms with Gasteiger partial charge in [-0.25, -0.2) is 0 Å². The van der Waals surface area contributed by atoms with Crippen molar-refractivity contribution in [3.8, 4) is 5.75 Å². The van der Waals surface area contributed by atoms with Gasteiger partial charge in [0.25, 0.3) is 0 Å². The normalized spacial score (nSPS) is 26.4. The number of hydrogen-bond acceptors (Lipinski definition) is 2. The van der Waals surface area contributed by atoms with E-state index in [4.69, 9.17) is 4.74 Å². The molecule has 82 valence electrons. The van der Waals surface area contributed by atoms with Crippen LogP contribution in [0.15, 0.2) is 24.3 Å². The van der Waals surface area contributed by atoms with Gasteiger partial charge in [-0.15, -0.1) is 0 Å². The molecule has 1 aromatic carbocycles. The summed E-state index contributed by atoms with van der Waals surface area (Å²) in [7, 11) is 1.68. The first-order valence-corrected chi connectivity index (χ1v) is 5.69. The van der Waals surface area contributed by atoms with Crippen LogP contribution in [0.4, 0.5) is 0 Å². The first kappa shape index (κ1) is 9.64. The Balaban J connectivity index is 2.10. The van der Waals surface area contributed by atoms with E-state index in [1.54, 1.807) is 13.2 Å². The highest BCUT2D eigenvalue weighted by Gasteiger charge is 2.38. The summed E-state index contributed by atoms with van der Waals surface area (Å²) in [6, 6.07) is 6.07. The third kappa shape index (κ3) is 1.29. The van der Waals surface area contributed by atoms with Crippen LogP contribution in [0.1, 0.15) is 29.9 Å². The SMILES string of the molecule is COc1ccc2c(c1)C1CC[C@@H]1C(=O)C=C2. The second-order valence-corrected chi connectivity index (χ2v) is 4.52. The van der Waals surface area contributed by atoms with E-state index in [9.17, 15) is 4.79 Å². The van der Waals surface area contributed by atoms with Gasteiger partial charge < -0.3 is 4.74 Å². The van der Waals surface area contributed by atoms with Crippen molar-refractivity contribution in [1.29, 1.82) is 0 Å². The predicted molar refractivity (Wildman–Crippen MR) is 62.5 cm³/mol. The first-order chi connectivity index (χ1) is 7.79. The number of fused-ring (bicyclic) bond motifs is 3. The average molecular weight is 214 g/mol. The molecule has 0 amide bonds. The average Bonchev–Trinajstić information content (AvgIpc) is 2.33. The minimum Gasteiger partial charge on any atom is -0.497 e. The number of ketones is 1. The summed E-state index contributed by atoms with van der Waals surface area (Å²) in [5, 5.41) is 0. The number of methoxy groups -OCH3 is 1. The Labute approximate surface area is 94.9 Å². The number of benzene rings is 1. The number of ether oxygens (including phenoxy) is 1. The number of carbonyl (C=O) groups is 1. The molecular formula is C14H14O2. The van der Waals surface area contributed by atoms with Crippen molar-refractivity contribution >= 4 is 11.9 Å². The van der Waals surface area contributed by atoms with Gasteiger partial charge in [0.1, 0.15) is 5.75 Å². The molecule has 3 rings (SSSR count). The highest BCUT2D eigenvalue weighted by Crippen LogP contribution is 2.46. The third-order valence-corrected chi connectivity index (χ3v) is 3.76. The molecule has 1 fully saturated rings. The lowest BCUT2D eigenvalue weighted by Crippen LogP contribution is -2.29. The minimum absolute atomic E-state index is 0.213. The van der Waals surface area contributed by atoms with Gasteiger partial charge in [0.15, 0.2) is 5.78 Å². The molecule has 0 N–H and O–H groups in total. The van der Waals surface area contributed by atoms with Crippen LogP contribution in [-0.2, 0) is 4.79 Å². The van der Waals surface area contributed by atoms with Crippen LogP contribution >= 0.6 is 0 Å². The van der Waals surface area contributed by atoms with Crippen LogP contribution in [0, 0.1) is 5.92 Å². The van der Waals surface area contributed by atoms with Crippen molar-refractivity contribution in [2.75, 3.05) is 7.11 Å². The summed E-state index contributed by atoms with van der Waals surface area (Å²) < 4.78 is 5.25. The van der Waals surface area contributed by atoms with Crippen molar-refractivity contribution in [3.05, 3.63) is 35.4 Å². The molecule has 0 heterocycles. The maximum atomic E-state index is 11.8. The topological polar surface area (TPSA) is 26.3 Å². The largest absolute Gasteiger partial charge is 0.497 e. The molecule has 16 heavy (non-hydrogen) atoms. The molecule has 0 bridgehead atoms. The van der Waals surface area contributed by atoms with Crippen LogP contribution in [-0.4, -0.2) is 12.9 Å². The number of allylic oxidation sites excluding steroid dienone is 1. The van der Waals surface area contributed by atoms with E-state index in [-0.39, 0.29) is 11.7 Å². The number of carbonyl (C=O) groups excluding carboxylic acids is 1. The van der Waals surface area contributed by atoms with Crippen LogP contribution in [0.25, 0.3) is 6.08 Å². The lowest BCUT2D eigenvalue weighted by atomic mass is 9.68. The zero-order valence-corrected chi connectivity index (χ0v) is 9.27.